The first-order chi connectivity index (χ1) is 23.6. The summed E-state index contributed by atoms with van der Waals surface area (Å²) in [7, 11) is 0. The zero-order valence-electron chi connectivity index (χ0n) is 30.1. The van der Waals surface area contributed by atoms with Crippen molar-refractivity contribution in [1.82, 2.24) is 0 Å². The van der Waals surface area contributed by atoms with Crippen LogP contribution in [0.4, 0.5) is 0 Å². The Bertz CT molecular complexity index is 1710. The molecule has 0 saturated heterocycles. The third kappa shape index (κ3) is 5.90. The number of carbonyl (C=O) groups is 7. The number of aliphatic hydroxyl groups is 1. The van der Waals surface area contributed by atoms with Gasteiger partial charge < -0.3 is 33.5 Å². The fourth-order valence-corrected chi connectivity index (χ4v) is 9.30. The summed E-state index contributed by atoms with van der Waals surface area (Å²) in [4.78, 5) is 93.2. The molecule has 0 radical (unpaired) electrons. The number of benzene rings is 1. The number of hydrogen-bond donors (Lipinski definition) is 1. The average molecular weight is 713 g/mol. The fraction of sp³-hybridized carbons (Fsp3) is 0.595. The number of ether oxygens (including phenoxy) is 6. The Morgan fingerprint density at radius 3 is 1.82 bits per heavy atom. The molecule has 1 N–H and O–H groups in total. The first-order valence-electron chi connectivity index (χ1n) is 16.8. The summed E-state index contributed by atoms with van der Waals surface area (Å²) in [6, 6.07) is 8.01. The van der Waals surface area contributed by atoms with Gasteiger partial charge in [-0.2, -0.15) is 0 Å². The van der Waals surface area contributed by atoms with Crippen LogP contribution in [0.25, 0.3) is 0 Å². The molecular formula is C37H44O14. The summed E-state index contributed by atoms with van der Waals surface area (Å²) in [6.07, 6.45) is -8.67. The van der Waals surface area contributed by atoms with Crippen molar-refractivity contribution in [3.05, 3.63) is 47.0 Å². The molecule has 2 fully saturated rings. The van der Waals surface area contributed by atoms with Crippen molar-refractivity contribution in [3.8, 4) is 0 Å². The van der Waals surface area contributed by atoms with Crippen LogP contribution >= 0.6 is 0 Å². The van der Waals surface area contributed by atoms with E-state index in [4.69, 9.17) is 28.4 Å². The monoisotopic (exact) mass is 712 g/mol. The van der Waals surface area contributed by atoms with Gasteiger partial charge in [0.15, 0.2) is 23.6 Å². The molecule has 0 aliphatic heterocycles. The van der Waals surface area contributed by atoms with E-state index in [1.54, 1.807) is 39.0 Å². The Kier molecular flexibility index (Phi) is 9.51. The van der Waals surface area contributed by atoms with E-state index >= 15 is 0 Å². The minimum absolute atomic E-state index is 0.0119. The molecule has 0 aromatic heterocycles. The van der Waals surface area contributed by atoms with Crippen molar-refractivity contribution >= 4 is 41.6 Å². The number of ketones is 1. The van der Waals surface area contributed by atoms with Crippen molar-refractivity contribution in [1.29, 1.82) is 0 Å². The standard InChI is InChI=1S/C37H44O14/c1-17-15-36(45)26(27(17)50-31(44)23-13-11-10-12-14-23)30(47-19(3)39)37(51-22(6)42)16-24-25(29(46-18(2)38)34(7,8)28(24)43)35(9,32(36)48-20(4)40)33(37)49-21(5)41/h10-14,17,26-27,29-30,32-33,45H,15-16H2,1-9H3/t17-,26+,27-,29-,30+,32+,33+,35+,36+,37+/m0/s1. The third-order valence-corrected chi connectivity index (χ3v) is 10.8. The fourth-order valence-electron chi connectivity index (χ4n) is 9.30. The van der Waals surface area contributed by atoms with Gasteiger partial charge in [0, 0.05) is 46.6 Å². The van der Waals surface area contributed by atoms with Crippen LogP contribution in [-0.2, 0) is 57.2 Å². The van der Waals surface area contributed by atoms with Gasteiger partial charge in [-0.15, -0.1) is 0 Å². The maximum atomic E-state index is 14.5. The molecule has 2 saturated carbocycles. The molecule has 14 heteroatoms. The highest BCUT2D eigenvalue weighted by molar-refractivity contribution is 6.05. The average Bonchev–Trinajstić information content (AvgIpc) is 3.36. The molecule has 0 spiro atoms. The Morgan fingerprint density at radius 2 is 1.29 bits per heavy atom. The van der Waals surface area contributed by atoms with E-state index in [1.807, 2.05) is 0 Å². The van der Waals surface area contributed by atoms with Crippen molar-refractivity contribution in [3.63, 3.8) is 0 Å². The van der Waals surface area contributed by atoms with E-state index in [1.165, 1.54) is 19.1 Å². The van der Waals surface area contributed by atoms with Gasteiger partial charge >= 0.3 is 35.8 Å². The van der Waals surface area contributed by atoms with E-state index in [2.05, 4.69) is 0 Å². The summed E-state index contributed by atoms with van der Waals surface area (Å²) >= 11 is 0. The van der Waals surface area contributed by atoms with Crippen LogP contribution in [0.1, 0.15) is 85.5 Å². The number of hydrogen-bond acceptors (Lipinski definition) is 14. The zero-order chi connectivity index (χ0) is 38.0. The SMILES string of the molecule is CC(=O)O[C@@H]1[C@H]2[C@@H](OC(=O)c3ccccc3)[C@@H](C)C[C@]2(O)[C@H](OC(C)=O)[C@@]2(C)C3=C(C[C@]1(OC(C)=O)[C@@H]2OC(C)=O)C(=O)C(C)(C)[C@H]3OC(C)=O. The number of rotatable bonds is 7. The van der Waals surface area contributed by atoms with Gasteiger partial charge in [0.25, 0.3) is 0 Å². The minimum Gasteiger partial charge on any atom is -0.458 e. The highest BCUT2D eigenvalue weighted by Crippen LogP contribution is 2.67. The van der Waals surface area contributed by atoms with Gasteiger partial charge in [0.1, 0.15) is 23.9 Å². The van der Waals surface area contributed by atoms with E-state index in [9.17, 15) is 38.7 Å². The first-order valence-corrected chi connectivity index (χ1v) is 16.8. The Labute approximate surface area is 295 Å². The highest BCUT2D eigenvalue weighted by Gasteiger charge is 2.81. The van der Waals surface area contributed by atoms with Crippen molar-refractivity contribution < 1.29 is 67.1 Å². The first kappa shape index (κ1) is 37.7. The quantitative estimate of drug-likeness (QED) is 0.320. The van der Waals surface area contributed by atoms with Crippen molar-refractivity contribution in [2.24, 2.45) is 22.7 Å². The second kappa shape index (κ2) is 12.9. The molecule has 0 amide bonds. The normalized spacial score (nSPS) is 36.1. The highest BCUT2D eigenvalue weighted by atomic mass is 16.6. The van der Waals surface area contributed by atoms with Crippen molar-refractivity contribution in [2.45, 2.75) is 117 Å². The minimum atomic E-state index is -2.29. The lowest BCUT2D eigenvalue weighted by molar-refractivity contribution is -0.239. The Morgan fingerprint density at radius 1 is 0.745 bits per heavy atom. The maximum Gasteiger partial charge on any atom is 0.338 e. The largest absolute Gasteiger partial charge is 0.458 e. The molecule has 4 aliphatic carbocycles. The number of carbonyl (C=O) groups excluding carboxylic acids is 7. The summed E-state index contributed by atoms with van der Waals surface area (Å²) in [5, 5.41) is 13.2. The molecule has 5 rings (SSSR count). The van der Waals surface area contributed by atoms with Gasteiger partial charge in [-0.1, -0.05) is 25.1 Å². The van der Waals surface area contributed by atoms with Crippen molar-refractivity contribution in [2.75, 3.05) is 0 Å². The Balaban J connectivity index is 1.92. The Hall–Kier alpha value is -4.59. The second-order valence-corrected chi connectivity index (χ2v) is 14.9. The molecule has 2 bridgehead atoms. The van der Waals surface area contributed by atoms with Gasteiger partial charge in [-0.25, -0.2) is 4.79 Å². The lowest BCUT2D eigenvalue weighted by Gasteiger charge is -2.54. The van der Waals surface area contributed by atoms with Crippen LogP contribution < -0.4 is 0 Å². The van der Waals surface area contributed by atoms with Crippen LogP contribution in [0.15, 0.2) is 41.5 Å². The van der Waals surface area contributed by atoms with Crippen LogP contribution in [0.3, 0.4) is 0 Å². The molecule has 10 atom stereocenters. The van der Waals surface area contributed by atoms with Crippen LogP contribution in [-0.4, -0.2) is 88.4 Å². The second-order valence-electron chi connectivity index (χ2n) is 14.9. The summed E-state index contributed by atoms with van der Waals surface area (Å²) in [6.45, 7) is 11.7. The maximum absolute atomic E-state index is 14.5. The van der Waals surface area contributed by atoms with E-state index < -0.39 is 112 Å². The molecule has 51 heavy (non-hydrogen) atoms. The van der Waals surface area contributed by atoms with Gasteiger partial charge in [0.2, 0.25) is 0 Å². The zero-order valence-corrected chi connectivity index (χ0v) is 30.1. The van der Waals surface area contributed by atoms with Gasteiger partial charge in [0.05, 0.1) is 22.3 Å². The van der Waals surface area contributed by atoms with E-state index in [0.717, 1.165) is 34.6 Å². The predicted octanol–water partition coefficient (Wildman–Crippen LogP) is 2.96. The lowest BCUT2D eigenvalue weighted by atomic mass is 9.58. The molecule has 276 valence electrons. The summed E-state index contributed by atoms with van der Waals surface area (Å²) < 4.78 is 36.2. The van der Waals surface area contributed by atoms with Crippen LogP contribution in [0.5, 0.6) is 0 Å². The lowest BCUT2D eigenvalue weighted by Crippen LogP contribution is -2.68. The summed E-state index contributed by atoms with van der Waals surface area (Å²) in [5.41, 5.74) is -7.79. The van der Waals surface area contributed by atoms with Gasteiger partial charge in [-0.3, -0.25) is 28.8 Å². The predicted molar refractivity (Wildman–Crippen MR) is 173 cm³/mol. The van der Waals surface area contributed by atoms with Gasteiger partial charge in [-0.05, 0) is 50.8 Å². The smallest absolute Gasteiger partial charge is 0.338 e. The van der Waals surface area contributed by atoms with E-state index in [-0.39, 0.29) is 23.1 Å². The number of esters is 6. The van der Waals surface area contributed by atoms with E-state index in [0.29, 0.717) is 0 Å². The third-order valence-electron chi connectivity index (χ3n) is 10.8. The molecule has 4 aliphatic rings. The molecule has 14 nitrogen and oxygen atoms in total. The number of Topliss-reactive ketones (excluding diaryl/α,β-unsaturated/α-hetero) is 1. The topological polar surface area (TPSA) is 195 Å². The molecule has 0 unspecified atom stereocenters. The molecule has 1 aromatic rings. The molecule has 0 heterocycles. The molecule has 1 aromatic carbocycles. The molecular weight excluding hydrogens is 668 g/mol. The van der Waals surface area contributed by atoms with Crippen LogP contribution in [0.2, 0.25) is 0 Å². The van der Waals surface area contributed by atoms with Crippen LogP contribution in [0, 0.1) is 22.7 Å². The number of fused-ring (bicyclic) bond motifs is 4. The summed E-state index contributed by atoms with van der Waals surface area (Å²) in [5.74, 6) is -7.93.